The zero-order valence-electron chi connectivity index (χ0n) is 7.27. The fourth-order valence-corrected chi connectivity index (χ4v) is 0.991. The van der Waals surface area contributed by atoms with Crippen LogP contribution in [-0.2, 0) is 6.61 Å². The van der Waals surface area contributed by atoms with E-state index in [1.807, 2.05) is 30.3 Å². The quantitative estimate of drug-likeness (QED) is 0.785. The minimum Gasteiger partial charge on any atom is -0.486 e. The van der Waals surface area contributed by atoms with E-state index < -0.39 is 5.76 Å². The zero-order chi connectivity index (χ0) is 9.80. The molecule has 2 aromatic rings. The average Bonchev–Trinajstić information content (AvgIpc) is 2.63. The van der Waals surface area contributed by atoms with Crippen molar-refractivity contribution in [3.05, 3.63) is 46.7 Å². The molecule has 72 valence electrons. The molecule has 0 saturated carbocycles. The average molecular weight is 192 g/mol. The van der Waals surface area contributed by atoms with Crippen LogP contribution in [0.5, 0.6) is 5.75 Å². The third kappa shape index (κ3) is 2.01. The van der Waals surface area contributed by atoms with Gasteiger partial charge in [-0.25, -0.2) is 4.79 Å². The molecule has 2 rings (SSSR count). The van der Waals surface area contributed by atoms with Crippen molar-refractivity contribution in [3.63, 3.8) is 0 Å². The third-order valence-electron chi connectivity index (χ3n) is 1.60. The molecule has 0 amide bonds. The Balaban J connectivity index is 1.98. The van der Waals surface area contributed by atoms with E-state index in [1.54, 1.807) is 0 Å². The first-order valence-corrected chi connectivity index (χ1v) is 4.07. The molecule has 0 spiro atoms. The molecule has 0 radical (unpaired) electrons. The predicted octanol–water partition coefficient (Wildman–Crippen LogP) is 0.942. The van der Waals surface area contributed by atoms with Crippen molar-refractivity contribution in [1.82, 2.24) is 10.1 Å². The molecule has 0 saturated heterocycles. The van der Waals surface area contributed by atoms with Gasteiger partial charge in [-0.1, -0.05) is 23.4 Å². The Hall–Kier alpha value is -2.04. The molecule has 0 aliphatic carbocycles. The van der Waals surface area contributed by atoms with Crippen LogP contribution in [0, 0.1) is 0 Å². The number of nitrogens with one attached hydrogen (secondary N) is 1. The molecule has 1 aromatic carbocycles. The Labute approximate surface area is 79.3 Å². The standard InChI is InChI=1S/C9H8N2O3/c12-9-10-8(11-14-9)6-13-7-4-2-1-3-5-7/h1-5H,6H2,(H,10,11,12). The summed E-state index contributed by atoms with van der Waals surface area (Å²) in [7, 11) is 0. The fraction of sp³-hybridized carbons (Fsp3) is 0.111. The maximum absolute atomic E-state index is 10.6. The number of ether oxygens (including phenoxy) is 1. The van der Waals surface area contributed by atoms with Gasteiger partial charge in [0.15, 0.2) is 5.82 Å². The van der Waals surface area contributed by atoms with Crippen molar-refractivity contribution in [3.8, 4) is 5.75 Å². The van der Waals surface area contributed by atoms with E-state index in [0.717, 1.165) is 5.75 Å². The first-order chi connectivity index (χ1) is 6.84. The number of aromatic nitrogens is 2. The van der Waals surface area contributed by atoms with Crippen LogP contribution in [0.4, 0.5) is 0 Å². The number of nitrogens with zero attached hydrogens (tertiary/aromatic N) is 1. The fourth-order valence-electron chi connectivity index (χ4n) is 0.991. The Kier molecular flexibility index (Phi) is 2.31. The molecule has 0 aliphatic rings. The summed E-state index contributed by atoms with van der Waals surface area (Å²) in [5.74, 6) is 0.520. The number of para-hydroxylation sites is 1. The number of hydrogen-bond donors (Lipinski definition) is 1. The summed E-state index contributed by atoms with van der Waals surface area (Å²) < 4.78 is 9.62. The van der Waals surface area contributed by atoms with Crippen LogP contribution in [0.2, 0.25) is 0 Å². The normalized spacial score (nSPS) is 10.0. The van der Waals surface area contributed by atoms with Crippen LogP contribution in [0.25, 0.3) is 0 Å². The van der Waals surface area contributed by atoms with Crippen molar-refractivity contribution < 1.29 is 9.26 Å². The highest BCUT2D eigenvalue weighted by Gasteiger charge is 2.00. The molecule has 14 heavy (non-hydrogen) atoms. The van der Waals surface area contributed by atoms with Gasteiger partial charge in [0.25, 0.3) is 0 Å². The number of rotatable bonds is 3. The molecule has 1 N–H and O–H groups in total. The minimum atomic E-state index is -0.573. The Bertz CT molecular complexity index is 446. The zero-order valence-corrected chi connectivity index (χ0v) is 7.27. The first kappa shape index (κ1) is 8.55. The lowest BCUT2D eigenvalue weighted by Gasteiger charge is -2.01. The Morgan fingerprint density at radius 1 is 1.36 bits per heavy atom. The second-order valence-electron chi connectivity index (χ2n) is 2.64. The molecule has 0 atom stereocenters. The maximum atomic E-state index is 10.6. The van der Waals surface area contributed by atoms with Crippen LogP contribution in [-0.4, -0.2) is 10.1 Å². The van der Waals surface area contributed by atoms with E-state index in [-0.39, 0.29) is 6.61 Å². The van der Waals surface area contributed by atoms with Gasteiger partial charge in [0.05, 0.1) is 0 Å². The molecule has 1 aromatic heterocycles. The van der Waals surface area contributed by atoms with Crippen LogP contribution in [0.1, 0.15) is 5.82 Å². The topological polar surface area (TPSA) is 68.1 Å². The summed E-state index contributed by atoms with van der Waals surface area (Å²) in [6.07, 6.45) is 0. The summed E-state index contributed by atoms with van der Waals surface area (Å²) in [5, 5.41) is 3.46. The maximum Gasteiger partial charge on any atom is 0.439 e. The molecular weight excluding hydrogens is 184 g/mol. The summed E-state index contributed by atoms with van der Waals surface area (Å²) in [5.41, 5.74) is 0. The molecular formula is C9H8N2O3. The molecule has 5 heteroatoms. The number of aromatic amines is 1. The van der Waals surface area contributed by atoms with Gasteiger partial charge in [0, 0.05) is 0 Å². The lowest BCUT2D eigenvalue weighted by atomic mass is 10.3. The molecule has 0 unspecified atom stereocenters. The second-order valence-corrected chi connectivity index (χ2v) is 2.64. The van der Waals surface area contributed by atoms with E-state index in [2.05, 4.69) is 14.7 Å². The van der Waals surface area contributed by atoms with Crippen LogP contribution in [0.15, 0.2) is 39.6 Å². The van der Waals surface area contributed by atoms with Crippen molar-refractivity contribution >= 4 is 0 Å². The molecule has 0 aliphatic heterocycles. The Morgan fingerprint density at radius 2 is 2.14 bits per heavy atom. The van der Waals surface area contributed by atoms with Gasteiger partial charge in [-0.3, -0.25) is 9.51 Å². The van der Waals surface area contributed by atoms with Crippen molar-refractivity contribution in [2.75, 3.05) is 0 Å². The highest BCUT2D eigenvalue weighted by atomic mass is 16.5. The van der Waals surface area contributed by atoms with Gasteiger partial charge in [-0.15, -0.1) is 0 Å². The summed E-state index contributed by atoms with van der Waals surface area (Å²) >= 11 is 0. The Morgan fingerprint density at radius 3 is 2.79 bits per heavy atom. The number of H-pyrrole nitrogens is 1. The SMILES string of the molecule is O=c1[nH]c(COc2ccccc2)no1. The molecule has 1 heterocycles. The lowest BCUT2D eigenvalue weighted by molar-refractivity contribution is 0.285. The smallest absolute Gasteiger partial charge is 0.439 e. The van der Waals surface area contributed by atoms with Crippen LogP contribution in [0.3, 0.4) is 0 Å². The van der Waals surface area contributed by atoms with Crippen molar-refractivity contribution in [2.24, 2.45) is 0 Å². The van der Waals surface area contributed by atoms with Gasteiger partial charge >= 0.3 is 5.76 Å². The van der Waals surface area contributed by atoms with E-state index in [0.29, 0.717) is 5.82 Å². The first-order valence-electron chi connectivity index (χ1n) is 4.07. The van der Waals surface area contributed by atoms with Gasteiger partial charge in [0.1, 0.15) is 12.4 Å². The van der Waals surface area contributed by atoms with Gasteiger partial charge in [-0.2, -0.15) is 0 Å². The monoisotopic (exact) mass is 192 g/mol. The van der Waals surface area contributed by atoms with Crippen LogP contribution >= 0.6 is 0 Å². The molecule has 5 nitrogen and oxygen atoms in total. The second kappa shape index (κ2) is 3.78. The predicted molar refractivity (Wildman–Crippen MR) is 47.9 cm³/mol. The van der Waals surface area contributed by atoms with Crippen molar-refractivity contribution in [1.29, 1.82) is 0 Å². The summed E-state index contributed by atoms with van der Waals surface area (Å²) in [4.78, 5) is 12.9. The van der Waals surface area contributed by atoms with Crippen molar-refractivity contribution in [2.45, 2.75) is 6.61 Å². The lowest BCUT2D eigenvalue weighted by Crippen LogP contribution is -2.01. The van der Waals surface area contributed by atoms with Crippen LogP contribution < -0.4 is 10.5 Å². The molecule has 0 bridgehead atoms. The minimum absolute atomic E-state index is 0.190. The number of hydrogen-bond acceptors (Lipinski definition) is 4. The van der Waals surface area contributed by atoms with E-state index >= 15 is 0 Å². The van der Waals surface area contributed by atoms with Gasteiger partial charge in [-0.05, 0) is 12.1 Å². The van der Waals surface area contributed by atoms with E-state index in [1.165, 1.54) is 0 Å². The van der Waals surface area contributed by atoms with Gasteiger partial charge < -0.3 is 4.74 Å². The summed E-state index contributed by atoms with van der Waals surface area (Å²) in [6.45, 7) is 0.190. The molecule has 0 fully saturated rings. The highest BCUT2D eigenvalue weighted by molar-refractivity contribution is 5.20. The number of benzene rings is 1. The van der Waals surface area contributed by atoms with E-state index in [4.69, 9.17) is 4.74 Å². The summed E-state index contributed by atoms with van der Waals surface area (Å²) in [6, 6.07) is 9.25. The third-order valence-corrected chi connectivity index (χ3v) is 1.60. The van der Waals surface area contributed by atoms with Gasteiger partial charge in [0.2, 0.25) is 0 Å². The highest BCUT2D eigenvalue weighted by Crippen LogP contribution is 2.09. The van der Waals surface area contributed by atoms with E-state index in [9.17, 15) is 4.79 Å². The largest absolute Gasteiger partial charge is 0.486 e.